The quantitative estimate of drug-likeness (QED) is 0.810. The molecule has 0 radical (unpaired) electrons. The number of sulfonamides is 1. The Morgan fingerprint density at radius 1 is 1.55 bits per heavy atom. The molecule has 0 saturated heterocycles. The van der Waals surface area contributed by atoms with Crippen LogP contribution in [0.2, 0.25) is 0 Å². The summed E-state index contributed by atoms with van der Waals surface area (Å²) in [6, 6.07) is 0.990. The standard InChI is InChI=1S/C12H16BrNO5S/c1-5-6-14(12(2,3)4)20(17,18)9-7-8(11(15)16)19-10(9)13/h5,7H,1,6H2,2-4H3,(H,15,16). The lowest BCUT2D eigenvalue weighted by Gasteiger charge is -2.33. The van der Waals surface area contributed by atoms with Crippen molar-refractivity contribution in [1.82, 2.24) is 4.31 Å². The van der Waals surface area contributed by atoms with Crippen molar-refractivity contribution >= 4 is 31.9 Å². The van der Waals surface area contributed by atoms with E-state index in [1.807, 2.05) is 0 Å². The lowest BCUT2D eigenvalue weighted by atomic mass is 10.1. The minimum absolute atomic E-state index is 0.103. The van der Waals surface area contributed by atoms with E-state index in [9.17, 15) is 13.2 Å². The van der Waals surface area contributed by atoms with Crippen molar-refractivity contribution in [2.75, 3.05) is 6.54 Å². The molecule has 8 heteroatoms. The van der Waals surface area contributed by atoms with E-state index in [0.29, 0.717) is 0 Å². The zero-order valence-electron chi connectivity index (χ0n) is 11.4. The number of nitrogens with zero attached hydrogens (tertiary/aromatic N) is 1. The van der Waals surface area contributed by atoms with Gasteiger partial charge in [0.25, 0.3) is 0 Å². The highest BCUT2D eigenvalue weighted by Gasteiger charge is 2.36. The minimum atomic E-state index is -3.91. The first-order chi connectivity index (χ1) is 9.01. The smallest absolute Gasteiger partial charge is 0.371 e. The van der Waals surface area contributed by atoms with Crippen LogP contribution in [0, 0.1) is 0 Å². The third-order valence-corrected chi connectivity index (χ3v) is 5.47. The van der Waals surface area contributed by atoms with E-state index in [1.165, 1.54) is 10.4 Å². The van der Waals surface area contributed by atoms with E-state index in [4.69, 9.17) is 9.52 Å². The Morgan fingerprint density at radius 2 is 2.10 bits per heavy atom. The summed E-state index contributed by atoms with van der Waals surface area (Å²) in [5.41, 5.74) is -0.687. The van der Waals surface area contributed by atoms with Crippen molar-refractivity contribution in [2.24, 2.45) is 0 Å². The van der Waals surface area contributed by atoms with Crippen molar-refractivity contribution in [3.05, 3.63) is 29.2 Å². The van der Waals surface area contributed by atoms with E-state index >= 15 is 0 Å². The van der Waals surface area contributed by atoms with Crippen LogP contribution in [0.5, 0.6) is 0 Å². The Kier molecular flexibility index (Phi) is 4.83. The number of furan rings is 1. The Morgan fingerprint density at radius 3 is 2.45 bits per heavy atom. The topological polar surface area (TPSA) is 87.8 Å². The number of halogens is 1. The Labute approximate surface area is 126 Å². The molecular weight excluding hydrogens is 350 g/mol. The van der Waals surface area contributed by atoms with Crippen molar-refractivity contribution in [3.63, 3.8) is 0 Å². The maximum atomic E-state index is 12.6. The maximum Gasteiger partial charge on any atom is 0.371 e. The average molecular weight is 366 g/mol. The Balaban J connectivity index is 3.41. The first kappa shape index (κ1) is 16.9. The summed E-state index contributed by atoms with van der Waals surface area (Å²) in [5, 5.41) is 8.85. The molecule has 0 atom stereocenters. The van der Waals surface area contributed by atoms with Gasteiger partial charge in [-0.25, -0.2) is 13.2 Å². The summed E-state index contributed by atoms with van der Waals surface area (Å²) >= 11 is 2.95. The van der Waals surface area contributed by atoms with Gasteiger partial charge in [-0.05, 0) is 36.7 Å². The van der Waals surface area contributed by atoms with Gasteiger partial charge < -0.3 is 9.52 Å². The number of carboxylic acids is 1. The minimum Gasteiger partial charge on any atom is -0.475 e. The summed E-state index contributed by atoms with van der Waals surface area (Å²) in [4.78, 5) is 10.6. The largest absolute Gasteiger partial charge is 0.475 e. The average Bonchev–Trinajstić information content (AvgIpc) is 2.67. The summed E-state index contributed by atoms with van der Waals surface area (Å²) < 4.78 is 31.2. The van der Waals surface area contributed by atoms with Crippen LogP contribution in [0.3, 0.4) is 0 Å². The highest BCUT2D eigenvalue weighted by molar-refractivity contribution is 9.10. The molecule has 0 amide bonds. The molecule has 0 spiro atoms. The summed E-state index contributed by atoms with van der Waals surface area (Å²) in [6.07, 6.45) is 1.47. The van der Waals surface area contributed by atoms with Gasteiger partial charge in [-0.2, -0.15) is 4.31 Å². The molecule has 20 heavy (non-hydrogen) atoms. The van der Waals surface area contributed by atoms with Crippen LogP contribution in [0.1, 0.15) is 31.3 Å². The first-order valence-corrected chi connectivity index (χ1v) is 7.91. The van der Waals surface area contributed by atoms with Gasteiger partial charge in [0.05, 0.1) is 0 Å². The second-order valence-electron chi connectivity index (χ2n) is 5.05. The second-order valence-corrected chi connectivity index (χ2v) is 7.60. The van der Waals surface area contributed by atoms with Crippen LogP contribution in [0.4, 0.5) is 0 Å². The molecule has 0 saturated carbocycles. The van der Waals surface area contributed by atoms with Crippen molar-refractivity contribution in [3.8, 4) is 0 Å². The predicted octanol–water partition coefficient (Wildman–Crippen LogP) is 2.72. The fraction of sp³-hybridized carbons (Fsp3) is 0.417. The highest BCUT2D eigenvalue weighted by atomic mass is 79.9. The van der Waals surface area contributed by atoms with E-state index in [0.717, 1.165) is 6.07 Å². The van der Waals surface area contributed by atoms with Crippen molar-refractivity contribution in [1.29, 1.82) is 0 Å². The molecule has 1 aromatic heterocycles. The zero-order chi connectivity index (χ0) is 15.7. The van der Waals surface area contributed by atoms with Crippen LogP contribution in [-0.2, 0) is 10.0 Å². The van der Waals surface area contributed by atoms with Crippen molar-refractivity contribution in [2.45, 2.75) is 31.2 Å². The Bertz CT molecular complexity index is 627. The number of rotatable bonds is 5. The Hall–Kier alpha value is -1.12. The molecule has 0 aromatic carbocycles. The molecule has 0 unspecified atom stereocenters. The van der Waals surface area contributed by atoms with Crippen molar-refractivity contribution < 1.29 is 22.7 Å². The van der Waals surface area contributed by atoms with E-state index in [2.05, 4.69) is 22.5 Å². The fourth-order valence-electron chi connectivity index (χ4n) is 1.60. The molecule has 0 fully saturated rings. The van der Waals surface area contributed by atoms with Gasteiger partial charge in [0.15, 0.2) is 4.67 Å². The van der Waals surface area contributed by atoms with Crippen LogP contribution in [0.15, 0.2) is 32.7 Å². The molecule has 1 rings (SSSR count). The number of hydrogen-bond donors (Lipinski definition) is 1. The second kappa shape index (κ2) is 5.71. The number of hydrogen-bond acceptors (Lipinski definition) is 4. The molecule has 0 aliphatic rings. The molecule has 0 aliphatic heterocycles. The van der Waals surface area contributed by atoms with E-state index < -0.39 is 27.3 Å². The maximum absolute atomic E-state index is 12.6. The number of aromatic carboxylic acids is 1. The third-order valence-electron chi connectivity index (χ3n) is 2.48. The van der Waals surface area contributed by atoms with Crippen LogP contribution < -0.4 is 0 Å². The van der Waals surface area contributed by atoms with Crippen LogP contribution in [0.25, 0.3) is 0 Å². The molecule has 0 aliphatic carbocycles. The van der Waals surface area contributed by atoms with Gasteiger partial charge in [-0.1, -0.05) is 6.08 Å². The van der Waals surface area contributed by atoms with Gasteiger partial charge in [0, 0.05) is 18.2 Å². The van der Waals surface area contributed by atoms with Gasteiger partial charge in [0.2, 0.25) is 15.8 Å². The molecule has 112 valence electrons. The third kappa shape index (κ3) is 3.31. The molecule has 1 N–H and O–H groups in total. The fourth-order valence-corrected chi connectivity index (χ4v) is 4.26. The summed E-state index contributed by atoms with van der Waals surface area (Å²) in [7, 11) is -3.91. The van der Waals surface area contributed by atoms with Gasteiger partial charge in [-0.3, -0.25) is 0 Å². The van der Waals surface area contributed by atoms with Gasteiger partial charge in [0.1, 0.15) is 4.90 Å². The monoisotopic (exact) mass is 365 g/mol. The highest BCUT2D eigenvalue weighted by Crippen LogP contribution is 2.32. The SMILES string of the molecule is C=CCN(C(C)(C)C)S(=O)(=O)c1cc(C(=O)O)oc1Br. The van der Waals surface area contributed by atoms with E-state index in [-0.39, 0.29) is 16.1 Å². The molecular formula is C12H16BrNO5S. The molecule has 1 aromatic rings. The normalized spacial score (nSPS) is 12.7. The van der Waals surface area contributed by atoms with Gasteiger partial charge in [-0.15, -0.1) is 6.58 Å². The lowest BCUT2D eigenvalue weighted by molar-refractivity contribution is 0.0661. The van der Waals surface area contributed by atoms with E-state index in [1.54, 1.807) is 20.8 Å². The first-order valence-electron chi connectivity index (χ1n) is 5.68. The van der Waals surface area contributed by atoms with Gasteiger partial charge >= 0.3 is 5.97 Å². The molecule has 1 heterocycles. The summed E-state index contributed by atoms with van der Waals surface area (Å²) in [5.74, 6) is -1.78. The lowest BCUT2D eigenvalue weighted by Crippen LogP contribution is -2.45. The molecule has 0 bridgehead atoms. The zero-order valence-corrected chi connectivity index (χ0v) is 13.8. The summed E-state index contributed by atoms with van der Waals surface area (Å²) in [6.45, 7) is 8.85. The predicted molar refractivity (Wildman–Crippen MR) is 77.2 cm³/mol. The van der Waals surface area contributed by atoms with Crippen LogP contribution in [-0.4, -0.2) is 35.9 Å². The molecule has 6 nitrogen and oxygen atoms in total. The number of carbonyl (C=O) groups is 1. The van der Waals surface area contributed by atoms with Crippen LogP contribution >= 0.6 is 15.9 Å². The number of carboxylic acid groups (broad SMARTS) is 1.